The van der Waals surface area contributed by atoms with Crippen LogP contribution in [0, 0.1) is 0 Å². The summed E-state index contributed by atoms with van der Waals surface area (Å²) in [4.78, 5) is 0. The van der Waals surface area contributed by atoms with Gasteiger partial charge in [0.25, 0.3) is 0 Å². The molecule has 1 aromatic rings. The van der Waals surface area contributed by atoms with Crippen LogP contribution in [0.15, 0.2) is 42.4 Å². The van der Waals surface area contributed by atoms with Crippen LogP contribution in [0.3, 0.4) is 0 Å². The van der Waals surface area contributed by atoms with Gasteiger partial charge in [-0.1, -0.05) is 54.8 Å². The highest BCUT2D eigenvalue weighted by atomic mass is 14.1. The summed E-state index contributed by atoms with van der Waals surface area (Å²) in [6.07, 6.45) is 1.96. The van der Waals surface area contributed by atoms with E-state index < -0.39 is 0 Å². The fourth-order valence-corrected chi connectivity index (χ4v) is 1.83. The van der Waals surface area contributed by atoms with Crippen LogP contribution in [0.4, 0.5) is 0 Å². The molecule has 0 saturated carbocycles. The average molecular weight is 154 g/mol. The van der Waals surface area contributed by atoms with Gasteiger partial charge in [-0.25, -0.2) is 0 Å². The first-order valence-corrected chi connectivity index (χ1v) is 4.23. The molecule has 0 bridgehead atoms. The maximum atomic E-state index is 3.83. The van der Waals surface area contributed by atoms with Crippen LogP contribution in [0.2, 0.25) is 0 Å². The highest BCUT2D eigenvalue weighted by Crippen LogP contribution is 2.22. The molecule has 1 aliphatic heterocycles. The number of benzene rings is 1. The zero-order chi connectivity index (χ0) is 8.55. The smallest absolute Gasteiger partial charge is 0.0985 e. The second-order valence-electron chi connectivity index (χ2n) is 3.23. The van der Waals surface area contributed by atoms with Crippen LogP contribution in [-0.4, -0.2) is 7.28 Å². The third kappa shape index (κ3) is 0.936. The van der Waals surface area contributed by atoms with Gasteiger partial charge < -0.3 is 0 Å². The largest absolute Gasteiger partial charge is 0.188 e. The molecule has 0 radical (unpaired) electrons. The molecule has 0 aromatic heterocycles. The zero-order valence-corrected chi connectivity index (χ0v) is 7.30. The van der Waals surface area contributed by atoms with E-state index in [9.17, 15) is 0 Å². The Morgan fingerprint density at radius 3 is 2.83 bits per heavy atom. The minimum Gasteiger partial charge on any atom is -0.0985 e. The van der Waals surface area contributed by atoms with Crippen molar-refractivity contribution in [3.8, 4) is 0 Å². The van der Waals surface area contributed by atoms with E-state index >= 15 is 0 Å². The molecule has 0 unspecified atom stereocenters. The second-order valence-corrected chi connectivity index (χ2v) is 3.23. The lowest BCUT2D eigenvalue weighted by Gasteiger charge is -1.99. The standard InChI is InChI=1S/C11H11B/c1-3-9-8(2)12-11-7-5-4-6-10(9)11/h3-7,12H,1H2,2H3. The predicted molar refractivity (Wildman–Crippen MR) is 56.0 cm³/mol. The molecule has 0 N–H and O–H groups in total. The number of allylic oxidation sites excluding steroid dienone is 3. The van der Waals surface area contributed by atoms with Crippen molar-refractivity contribution in [1.82, 2.24) is 0 Å². The molecule has 0 nitrogen and oxygen atoms in total. The van der Waals surface area contributed by atoms with Crippen LogP contribution in [-0.2, 0) is 0 Å². The fraction of sp³-hybridized carbons (Fsp3) is 0.0909. The van der Waals surface area contributed by atoms with E-state index in [2.05, 4.69) is 37.8 Å². The zero-order valence-electron chi connectivity index (χ0n) is 7.30. The van der Waals surface area contributed by atoms with Gasteiger partial charge in [0, 0.05) is 0 Å². The van der Waals surface area contributed by atoms with Crippen LogP contribution in [0.5, 0.6) is 0 Å². The van der Waals surface area contributed by atoms with Crippen molar-refractivity contribution in [1.29, 1.82) is 0 Å². The monoisotopic (exact) mass is 154 g/mol. The Morgan fingerprint density at radius 2 is 2.08 bits per heavy atom. The summed E-state index contributed by atoms with van der Waals surface area (Å²) in [6, 6.07) is 8.54. The second kappa shape index (κ2) is 2.67. The van der Waals surface area contributed by atoms with Crippen LogP contribution in [0.25, 0.3) is 5.57 Å². The summed E-state index contributed by atoms with van der Waals surface area (Å²) in [7, 11) is 1.09. The first-order chi connectivity index (χ1) is 5.83. The van der Waals surface area contributed by atoms with Gasteiger partial charge in [0.15, 0.2) is 7.28 Å². The van der Waals surface area contributed by atoms with Crippen LogP contribution < -0.4 is 5.46 Å². The molecule has 1 heterocycles. The van der Waals surface area contributed by atoms with E-state index in [0.29, 0.717) is 0 Å². The number of fused-ring (bicyclic) bond motifs is 1. The Labute approximate surface area is 73.9 Å². The Morgan fingerprint density at radius 1 is 1.33 bits per heavy atom. The van der Waals surface area contributed by atoms with E-state index in [4.69, 9.17) is 0 Å². The molecule has 1 aromatic carbocycles. The van der Waals surface area contributed by atoms with Crippen molar-refractivity contribution in [3.63, 3.8) is 0 Å². The molecule has 1 heteroatoms. The third-order valence-electron chi connectivity index (χ3n) is 2.43. The Balaban J connectivity index is 2.60. The normalized spacial score (nSPS) is 14.1. The van der Waals surface area contributed by atoms with E-state index in [1.54, 1.807) is 0 Å². The van der Waals surface area contributed by atoms with E-state index in [-0.39, 0.29) is 0 Å². The quantitative estimate of drug-likeness (QED) is 0.540. The first-order valence-electron chi connectivity index (χ1n) is 4.23. The topological polar surface area (TPSA) is 0 Å². The molecule has 0 atom stereocenters. The van der Waals surface area contributed by atoms with Crippen molar-refractivity contribution in [2.45, 2.75) is 6.92 Å². The lowest BCUT2D eigenvalue weighted by atomic mass is 9.67. The summed E-state index contributed by atoms with van der Waals surface area (Å²) < 4.78 is 0. The van der Waals surface area contributed by atoms with E-state index in [0.717, 1.165) is 7.28 Å². The highest BCUT2D eigenvalue weighted by molar-refractivity contribution is 6.66. The molecule has 0 amide bonds. The summed E-state index contributed by atoms with van der Waals surface area (Å²) >= 11 is 0. The van der Waals surface area contributed by atoms with Crippen molar-refractivity contribution < 1.29 is 0 Å². The lowest BCUT2D eigenvalue weighted by Crippen LogP contribution is -2.11. The maximum absolute atomic E-state index is 3.83. The molecule has 58 valence electrons. The van der Waals surface area contributed by atoms with Gasteiger partial charge in [0.1, 0.15) is 0 Å². The van der Waals surface area contributed by atoms with Crippen molar-refractivity contribution in [2.24, 2.45) is 0 Å². The van der Waals surface area contributed by atoms with Crippen molar-refractivity contribution in [3.05, 3.63) is 48.0 Å². The summed E-state index contributed by atoms with van der Waals surface area (Å²) in [6.45, 7) is 6.01. The predicted octanol–water partition coefficient (Wildman–Crippen LogP) is 1.68. The molecule has 0 spiro atoms. The average Bonchev–Trinajstić information content (AvgIpc) is 2.40. The highest BCUT2D eigenvalue weighted by Gasteiger charge is 2.16. The molecule has 0 fully saturated rings. The Kier molecular flexibility index (Phi) is 1.65. The van der Waals surface area contributed by atoms with Gasteiger partial charge in [-0.15, -0.1) is 0 Å². The van der Waals surface area contributed by atoms with E-state index in [1.165, 1.54) is 22.1 Å². The van der Waals surface area contributed by atoms with Gasteiger partial charge in [-0.3, -0.25) is 0 Å². The number of hydrogen-bond donors (Lipinski definition) is 0. The molecule has 1 aliphatic rings. The van der Waals surface area contributed by atoms with Gasteiger partial charge in [-0.2, -0.15) is 0 Å². The van der Waals surface area contributed by atoms with Gasteiger partial charge >= 0.3 is 0 Å². The summed E-state index contributed by atoms with van der Waals surface area (Å²) in [5.41, 5.74) is 5.56. The van der Waals surface area contributed by atoms with Gasteiger partial charge in [-0.05, 0) is 11.1 Å². The van der Waals surface area contributed by atoms with Crippen molar-refractivity contribution >= 4 is 18.3 Å². The number of rotatable bonds is 1. The molecule has 0 aliphatic carbocycles. The summed E-state index contributed by atoms with van der Waals surface area (Å²) in [5.74, 6) is 0. The van der Waals surface area contributed by atoms with Crippen LogP contribution in [0.1, 0.15) is 12.5 Å². The molecule has 12 heavy (non-hydrogen) atoms. The third-order valence-corrected chi connectivity index (χ3v) is 2.43. The first kappa shape index (κ1) is 7.42. The molecular weight excluding hydrogens is 143 g/mol. The SMILES string of the molecule is C=CC1=C(C)Bc2ccccc21. The minimum absolute atomic E-state index is 1.09. The molecular formula is C11H11B. The minimum atomic E-state index is 1.09. The lowest BCUT2D eigenvalue weighted by molar-refractivity contribution is 1.65. The molecule has 0 saturated heterocycles. The molecule has 2 rings (SSSR count). The van der Waals surface area contributed by atoms with Gasteiger partial charge in [0.05, 0.1) is 0 Å². The van der Waals surface area contributed by atoms with Crippen LogP contribution >= 0.6 is 0 Å². The summed E-state index contributed by atoms with van der Waals surface area (Å²) in [5, 5.41) is 0. The maximum Gasteiger partial charge on any atom is 0.188 e. The van der Waals surface area contributed by atoms with Crippen molar-refractivity contribution in [2.75, 3.05) is 0 Å². The Bertz CT molecular complexity index is 361. The van der Waals surface area contributed by atoms with Gasteiger partial charge in [0.2, 0.25) is 0 Å². The fourth-order valence-electron chi connectivity index (χ4n) is 1.83. The number of hydrogen-bond acceptors (Lipinski definition) is 0. The van der Waals surface area contributed by atoms with E-state index in [1.807, 2.05) is 6.08 Å². The Hall–Kier alpha value is -1.24.